The molecular formula is C14H22O. The molecule has 1 atom stereocenters. The molecule has 0 aliphatic heterocycles. The van der Waals surface area contributed by atoms with Gasteiger partial charge in [-0.05, 0) is 25.3 Å². The topological polar surface area (TPSA) is 9.23 Å². The van der Waals surface area contributed by atoms with Crippen LogP contribution in [0, 0.1) is 6.92 Å². The largest absolute Gasteiger partial charge is 0.381 e. The van der Waals surface area contributed by atoms with Crippen molar-refractivity contribution in [2.45, 2.75) is 39.5 Å². The molecule has 1 aromatic carbocycles. The smallest absolute Gasteiger partial charge is 0.0534 e. The maximum Gasteiger partial charge on any atom is 0.0534 e. The Bertz CT molecular complexity index is 263. The zero-order chi connectivity index (χ0) is 11.1. The second-order valence-corrected chi connectivity index (χ2v) is 4.09. The van der Waals surface area contributed by atoms with E-state index >= 15 is 0 Å². The average molecular weight is 206 g/mol. The van der Waals surface area contributed by atoms with Crippen molar-refractivity contribution >= 4 is 0 Å². The van der Waals surface area contributed by atoms with Gasteiger partial charge in [0.2, 0.25) is 0 Å². The van der Waals surface area contributed by atoms with Gasteiger partial charge in [-0.3, -0.25) is 0 Å². The maximum atomic E-state index is 5.62. The minimum absolute atomic E-state index is 0.553. The van der Waals surface area contributed by atoms with E-state index in [9.17, 15) is 0 Å². The molecule has 15 heavy (non-hydrogen) atoms. The fraction of sp³-hybridized carbons (Fsp3) is 0.571. The molecule has 1 aromatic rings. The Kier molecular flexibility index (Phi) is 5.41. The lowest BCUT2D eigenvalue weighted by molar-refractivity contribution is 0.119. The third-order valence-corrected chi connectivity index (χ3v) is 2.71. The van der Waals surface area contributed by atoms with E-state index in [1.165, 1.54) is 11.1 Å². The van der Waals surface area contributed by atoms with Gasteiger partial charge < -0.3 is 4.74 Å². The molecule has 1 rings (SSSR count). The zero-order valence-corrected chi connectivity index (χ0v) is 10.1. The summed E-state index contributed by atoms with van der Waals surface area (Å²) in [5, 5.41) is 0. The van der Waals surface area contributed by atoms with Gasteiger partial charge in [-0.25, -0.2) is 0 Å². The molecule has 0 heterocycles. The van der Waals surface area contributed by atoms with E-state index in [1.54, 1.807) is 0 Å². The van der Waals surface area contributed by atoms with Gasteiger partial charge in [0.15, 0.2) is 0 Å². The summed E-state index contributed by atoms with van der Waals surface area (Å²) in [7, 11) is 0. The van der Waals surface area contributed by atoms with Gasteiger partial charge in [0.1, 0.15) is 0 Å². The summed E-state index contributed by atoms with van der Waals surface area (Å²) in [5.41, 5.74) is 2.72. The second-order valence-electron chi connectivity index (χ2n) is 4.09. The Morgan fingerprint density at radius 1 is 1.13 bits per heavy atom. The molecule has 1 unspecified atom stereocenters. The monoisotopic (exact) mass is 206 g/mol. The predicted octanol–water partition coefficient (Wildman–Crippen LogP) is 3.92. The summed E-state index contributed by atoms with van der Waals surface area (Å²) in [6, 6.07) is 8.80. The second kappa shape index (κ2) is 6.62. The normalized spacial score (nSPS) is 12.7. The summed E-state index contributed by atoms with van der Waals surface area (Å²) in [4.78, 5) is 0. The number of ether oxygens (including phenoxy) is 1. The van der Waals surface area contributed by atoms with E-state index in [0.717, 1.165) is 26.1 Å². The van der Waals surface area contributed by atoms with Crippen molar-refractivity contribution in [1.29, 1.82) is 0 Å². The van der Waals surface area contributed by atoms with Gasteiger partial charge in [0.25, 0.3) is 0 Å². The minimum atomic E-state index is 0.553. The van der Waals surface area contributed by atoms with Crippen molar-refractivity contribution in [2.24, 2.45) is 0 Å². The van der Waals surface area contributed by atoms with Crippen LogP contribution in [0.3, 0.4) is 0 Å². The van der Waals surface area contributed by atoms with Gasteiger partial charge in [-0.15, -0.1) is 0 Å². The number of hydrogen-bond donors (Lipinski definition) is 0. The van der Waals surface area contributed by atoms with Gasteiger partial charge in [-0.1, -0.05) is 43.7 Å². The van der Waals surface area contributed by atoms with Crippen LogP contribution in [0.15, 0.2) is 24.3 Å². The summed E-state index contributed by atoms with van der Waals surface area (Å²) >= 11 is 0. The van der Waals surface area contributed by atoms with Crippen LogP contribution in [-0.4, -0.2) is 13.2 Å². The van der Waals surface area contributed by atoms with Crippen molar-refractivity contribution in [3.8, 4) is 0 Å². The summed E-state index contributed by atoms with van der Waals surface area (Å²) < 4.78 is 5.62. The van der Waals surface area contributed by atoms with Crippen molar-refractivity contribution in [1.82, 2.24) is 0 Å². The van der Waals surface area contributed by atoms with E-state index in [1.807, 2.05) is 0 Å². The highest BCUT2D eigenvalue weighted by molar-refractivity contribution is 5.24. The lowest BCUT2D eigenvalue weighted by atomic mass is 9.96. The first-order valence-corrected chi connectivity index (χ1v) is 5.92. The van der Waals surface area contributed by atoms with E-state index in [4.69, 9.17) is 4.74 Å². The minimum Gasteiger partial charge on any atom is -0.381 e. The fourth-order valence-corrected chi connectivity index (χ4v) is 1.66. The summed E-state index contributed by atoms with van der Waals surface area (Å²) in [5.74, 6) is 0.553. The number of hydrogen-bond acceptors (Lipinski definition) is 1. The molecule has 0 saturated heterocycles. The highest BCUT2D eigenvalue weighted by atomic mass is 16.5. The fourth-order valence-electron chi connectivity index (χ4n) is 1.66. The molecule has 0 N–H and O–H groups in total. The molecule has 84 valence electrons. The first kappa shape index (κ1) is 12.3. The molecule has 0 aliphatic rings. The first-order valence-electron chi connectivity index (χ1n) is 5.92. The maximum absolute atomic E-state index is 5.62. The van der Waals surface area contributed by atoms with Crippen LogP contribution < -0.4 is 0 Å². The van der Waals surface area contributed by atoms with Crippen LogP contribution in [0.4, 0.5) is 0 Å². The molecule has 0 radical (unpaired) electrons. The number of aryl methyl sites for hydroxylation is 1. The van der Waals surface area contributed by atoms with E-state index < -0.39 is 0 Å². The van der Waals surface area contributed by atoms with Crippen LogP contribution in [0.2, 0.25) is 0 Å². The highest BCUT2D eigenvalue weighted by Crippen LogP contribution is 2.20. The van der Waals surface area contributed by atoms with Crippen LogP contribution in [0.25, 0.3) is 0 Å². The Hall–Kier alpha value is -0.820. The number of benzene rings is 1. The average Bonchev–Trinajstić information content (AvgIpc) is 2.26. The first-order chi connectivity index (χ1) is 7.27. The third kappa shape index (κ3) is 4.05. The molecule has 0 fully saturated rings. The van der Waals surface area contributed by atoms with Crippen LogP contribution in [-0.2, 0) is 4.74 Å². The lowest BCUT2D eigenvalue weighted by Gasteiger charge is -2.15. The number of rotatable bonds is 6. The zero-order valence-electron chi connectivity index (χ0n) is 10.1. The summed E-state index contributed by atoms with van der Waals surface area (Å²) in [6.45, 7) is 8.22. The highest BCUT2D eigenvalue weighted by Gasteiger charge is 2.08. The van der Waals surface area contributed by atoms with Crippen molar-refractivity contribution in [3.63, 3.8) is 0 Å². The molecule has 0 aliphatic carbocycles. The van der Waals surface area contributed by atoms with Gasteiger partial charge >= 0.3 is 0 Å². The molecule has 0 amide bonds. The quantitative estimate of drug-likeness (QED) is 0.641. The molecule has 1 nitrogen and oxygen atoms in total. The Labute approximate surface area is 93.5 Å². The summed E-state index contributed by atoms with van der Waals surface area (Å²) in [6.07, 6.45) is 2.25. The van der Waals surface area contributed by atoms with Crippen molar-refractivity contribution < 1.29 is 4.74 Å². The van der Waals surface area contributed by atoms with Crippen LogP contribution in [0.5, 0.6) is 0 Å². The Balaban J connectivity index is 2.53. The molecule has 1 heteroatoms. The van der Waals surface area contributed by atoms with Crippen LogP contribution >= 0.6 is 0 Å². The van der Waals surface area contributed by atoms with E-state index in [-0.39, 0.29) is 0 Å². The Morgan fingerprint density at radius 2 is 1.80 bits per heavy atom. The standard InChI is InChI=1S/C14H22O/c1-4-10-15-11-13(5-2)14-8-6-12(3)7-9-14/h6-9,13H,4-5,10-11H2,1-3H3. The molecule has 0 bridgehead atoms. The van der Waals surface area contributed by atoms with Gasteiger partial charge in [0.05, 0.1) is 6.61 Å². The third-order valence-electron chi connectivity index (χ3n) is 2.71. The van der Waals surface area contributed by atoms with E-state index in [0.29, 0.717) is 5.92 Å². The van der Waals surface area contributed by atoms with E-state index in [2.05, 4.69) is 45.0 Å². The van der Waals surface area contributed by atoms with Crippen molar-refractivity contribution in [3.05, 3.63) is 35.4 Å². The molecular weight excluding hydrogens is 184 g/mol. The van der Waals surface area contributed by atoms with Gasteiger partial charge in [-0.2, -0.15) is 0 Å². The molecule has 0 aromatic heterocycles. The molecule has 0 saturated carbocycles. The SMILES string of the molecule is CCCOCC(CC)c1ccc(C)cc1. The predicted molar refractivity (Wildman–Crippen MR) is 65.3 cm³/mol. The lowest BCUT2D eigenvalue weighted by Crippen LogP contribution is -2.07. The molecule has 0 spiro atoms. The van der Waals surface area contributed by atoms with Crippen molar-refractivity contribution in [2.75, 3.05) is 13.2 Å². The van der Waals surface area contributed by atoms with Gasteiger partial charge in [0, 0.05) is 12.5 Å². The van der Waals surface area contributed by atoms with Crippen LogP contribution in [0.1, 0.15) is 43.7 Å². The Morgan fingerprint density at radius 3 is 2.33 bits per heavy atom.